The van der Waals surface area contributed by atoms with Gasteiger partial charge in [-0.05, 0) is 17.7 Å². The predicted octanol–water partition coefficient (Wildman–Crippen LogP) is -0.393. The number of benzene rings is 1. The normalized spacial score (nSPS) is 19.3. The van der Waals surface area contributed by atoms with Crippen LogP contribution in [0.4, 0.5) is 0 Å². The van der Waals surface area contributed by atoms with Crippen LogP contribution >= 0.6 is 0 Å². The maximum atomic E-state index is 12.6. The monoisotopic (exact) mass is 335 g/mol. The lowest BCUT2D eigenvalue weighted by Crippen LogP contribution is -2.43. The van der Waals surface area contributed by atoms with Gasteiger partial charge in [0.2, 0.25) is 10.0 Å². The molecule has 1 aliphatic rings. The van der Waals surface area contributed by atoms with Crippen LogP contribution < -0.4 is 4.74 Å². The first-order valence-electron chi connectivity index (χ1n) is 6.28. The topological polar surface area (TPSA) is 101 Å². The fraction of sp³-hybridized carbons (Fsp3) is 0.500. The molecule has 1 fully saturated rings. The highest BCUT2D eigenvalue weighted by atomic mass is 32.2. The van der Waals surface area contributed by atoms with Crippen LogP contribution in [0.15, 0.2) is 23.1 Å². The largest absolute Gasteiger partial charge is 0.495 e. The molecular weight excluding hydrogens is 318 g/mol. The van der Waals surface area contributed by atoms with Crippen LogP contribution in [-0.4, -0.2) is 58.0 Å². The van der Waals surface area contributed by atoms with Crippen molar-refractivity contribution in [2.45, 2.75) is 11.5 Å². The number of sulfonamides is 1. The number of aliphatic hydroxyl groups is 1. The fourth-order valence-corrected chi connectivity index (χ4v) is 5.18. The Bertz CT molecular complexity index is 712. The summed E-state index contributed by atoms with van der Waals surface area (Å²) in [5, 5.41) is 9.14. The highest BCUT2D eigenvalue weighted by Gasteiger charge is 2.33. The highest BCUT2D eigenvalue weighted by Crippen LogP contribution is 2.28. The first-order valence-corrected chi connectivity index (χ1v) is 9.54. The first-order chi connectivity index (χ1) is 9.80. The van der Waals surface area contributed by atoms with Crippen molar-refractivity contribution in [3.63, 3.8) is 0 Å². The van der Waals surface area contributed by atoms with E-state index in [4.69, 9.17) is 9.84 Å². The van der Waals surface area contributed by atoms with Crippen molar-refractivity contribution in [1.82, 2.24) is 4.31 Å². The number of ether oxygens (including phenoxy) is 1. The standard InChI is InChI=1S/C12H17NO6S2/c1-19-11-3-2-10(9-14)8-12(11)21(17,18)13-4-6-20(15,16)7-5-13/h2-3,8,14H,4-7,9H2,1H3. The number of rotatable bonds is 4. The van der Waals surface area contributed by atoms with E-state index < -0.39 is 19.9 Å². The molecule has 0 atom stereocenters. The molecule has 1 heterocycles. The number of nitrogens with zero attached hydrogens (tertiary/aromatic N) is 1. The van der Waals surface area contributed by atoms with E-state index in [0.29, 0.717) is 5.56 Å². The summed E-state index contributed by atoms with van der Waals surface area (Å²) in [5.74, 6) is -0.205. The molecule has 0 bridgehead atoms. The first kappa shape index (κ1) is 16.2. The number of aliphatic hydroxyl groups excluding tert-OH is 1. The Morgan fingerprint density at radius 1 is 1.29 bits per heavy atom. The Hall–Kier alpha value is -1.16. The molecule has 0 radical (unpaired) electrons. The van der Waals surface area contributed by atoms with Crippen LogP contribution in [0.25, 0.3) is 0 Å². The van der Waals surface area contributed by atoms with Gasteiger partial charge in [-0.2, -0.15) is 4.31 Å². The second-order valence-corrected chi connectivity index (χ2v) is 8.91. The van der Waals surface area contributed by atoms with Gasteiger partial charge in [0.15, 0.2) is 9.84 Å². The zero-order valence-electron chi connectivity index (χ0n) is 11.5. The summed E-state index contributed by atoms with van der Waals surface area (Å²) < 4.78 is 54.2. The summed E-state index contributed by atoms with van der Waals surface area (Å²) in [7, 11) is -5.66. The average molecular weight is 335 g/mol. The molecule has 1 aromatic carbocycles. The van der Waals surface area contributed by atoms with Gasteiger partial charge in [-0.1, -0.05) is 6.07 Å². The Kier molecular flexibility index (Phi) is 4.57. The van der Waals surface area contributed by atoms with Crippen LogP contribution in [0.2, 0.25) is 0 Å². The van der Waals surface area contributed by atoms with Crippen LogP contribution in [0, 0.1) is 0 Å². The van der Waals surface area contributed by atoms with Gasteiger partial charge in [0.1, 0.15) is 10.6 Å². The predicted molar refractivity (Wildman–Crippen MR) is 76.3 cm³/mol. The Balaban J connectivity index is 2.40. The Morgan fingerprint density at radius 3 is 2.43 bits per heavy atom. The molecule has 1 N–H and O–H groups in total. The summed E-state index contributed by atoms with van der Waals surface area (Å²) in [4.78, 5) is -0.0594. The van der Waals surface area contributed by atoms with E-state index in [9.17, 15) is 16.8 Å². The molecule has 1 saturated heterocycles. The molecule has 21 heavy (non-hydrogen) atoms. The number of methoxy groups -OCH3 is 1. The van der Waals surface area contributed by atoms with Crippen molar-refractivity contribution >= 4 is 19.9 Å². The van der Waals surface area contributed by atoms with Crippen LogP contribution in [0.5, 0.6) is 5.75 Å². The molecule has 0 spiro atoms. The number of sulfone groups is 1. The lowest BCUT2D eigenvalue weighted by molar-refractivity contribution is 0.281. The third-order valence-electron chi connectivity index (χ3n) is 3.33. The van der Waals surface area contributed by atoms with Crippen LogP contribution in [0.1, 0.15) is 5.56 Å². The quantitative estimate of drug-likeness (QED) is 0.804. The summed E-state index contributed by atoms with van der Waals surface area (Å²) in [5.41, 5.74) is 0.444. The molecule has 0 unspecified atom stereocenters. The van der Waals surface area contributed by atoms with Crippen molar-refractivity contribution in [3.05, 3.63) is 23.8 Å². The summed E-state index contributed by atoms with van der Waals surface area (Å²) in [6.07, 6.45) is 0. The van der Waals surface area contributed by atoms with E-state index in [1.807, 2.05) is 0 Å². The van der Waals surface area contributed by atoms with Gasteiger partial charge in [0.05, 0.1) is 25.2 Å². The van der Waals surface area contributed by atoms with E-state index >= 15 is 0 Å². The maximum absolute atomic E-state index is 12.6. The molecule has 2 rings (SSSR count). The van der Waals surface area contributed by atoms with E-state index in [-0.39, 0.29) is 41.8 Å². The van der Waals surface area contributed by atoms with Crippen LogP contribution in [-0.2, 0) is 26.5 Å². The fourth-order valence-electron chi connectivity index (χ4n) is 2.10. The molecule has 7 nitrogen and oxygen atoms in total. The highest BCUT2D eigenvalue weighted by molar-refractivity contribution is 7.92. The van der Waals surface area contributed by atoms with Gasteiger partial charge in [0.25, 0.3) is 0 Å². The minimum atomic E-state index is -3.85. The molecule has 9 heteroatoms. The molecule has 0 aromatic heterocycles. The minimum absolute atomic E-state index is 0.0594. The van der Waals surface area contributed by atoms with Crippen molar-refractivity contribution in [2.75, 3.05) is 31.7 Å². The lowest BCUT2D eigenvalue weighted by Gasteiger charge is -2.26. The van der Waals surface area contributed by atoms with Crippen molar-refractivity contribution in [1.29, 1.82) is 0 Å². The number of hydrogen-bond donors (Lipinski definition) is 1. The summed E-state index contributed by atoms with van der Waals surface area (Å²) in [6, 6.07) is 4.38. The summed E-state index contributed by atoms with van der Waals surface area (Å²) >= 11 is 0. The van der Waals surface area contributed by atoms with Gasteiger partial charge in [-0.25, -0.2) is 16.8 Å². The summed E-state index contributed by atoms with van der Waals surface area (Å²) in [6.45, 7) is -0.435. The van der Waals surface area contributed by atoms with Crippen molar-refractivity contribution in [3.8, 4) is 5.75 Å². The van der Waals surface area contributed by atoms with Gasteiger partial charge < -0.3 is 9.84 Å². The lowest BCUT2D eigenvalue weighted by atomic mass is 10.2. The van der Waals surface area contributed by atoms with Gasteiger partial charge in [-0.3, -0.25) is 0 Å². The molecule has 0 aliphatic carbocycles. The van der Waals surface area contributed by atoms with Gasteiger partial charge in [-0.15, -0.1) is 0 Å². The average Bonchev–Trinajstić information content (AvgIpc) is 2.46. The smallest absolute Gasteiger partial charge is 0.246 e. The second-order valence-electron chi connectivity index (χ2n) is 4.70. The molecule has 118 valence electrons. The van der Waals surface area contributed by atoms with Gasteiger partial charge in [0, 0.05) is 13.1 Å². The number of hydrogen-bond acceptors (Lipinski definition) is 6. The zero-order valence-corrected chi connectivity index (χ0v) is 13.2. The third-order valence-corrected chi connectivity index (χ3v) is 6.86. The van der Waals surface area contributed by atoms with E-state index in [0.717, 1.165) is 4.31 Å². The van der Waals surface area contributed by atoms with E-state index in [2.05, 4.69) is 0 Å². The Labute approximate surface area is 124 Å². The second kappa shape index (κ2) is 5.91. The molecule has 1 aliphatic heterocycles. The maximum Gasteiger partial charge on any atom is 0.246 e. The van der Waals surface area contributed by atoms with E-state index in [1.54, 1.807) is 6.07 Å². The van der Waals surface area contributed by atoms with Crippen molar-refractivity contribution in [2.24, 2.45) is 0 Å². The SMILES string of the molecule is COc1ccc(CO)cc1S(=O)(=O)N1CCS(=O)(=O)CC1. The molecule has 0 saturated carbocycles. The Morgan fingerprint density at radius 2 is 1.90 bits per heavy atom. The molecule has 1 aromatic rings. The zero-order chi connectivity index (χ0) is 15.7. The molecule has 0 amide bonds. The third kappa shape index (κ3) is 3.37. The van der Waals surface area contributed by atoms with Crippen molar-refractivity contribution < 1.29 is 26.7 Å². The molecular formula is C12H17NO6S2. The van der Waals surface area contributed by atoms with Crippen LogP contribution in [0.3, 0.4) is 0 Å². The van der Waals surface area contributed by atoms with E-state index in [1.165, 1.54) is 19.2 Å². The minimum Gasteiger partial charge on any atom is -0.495 e. The van der Waals surface area contributed by atoms with Gasteiger partial charge >= 0.3 is 0 Å².